The summed E-state index contributed by atoms with van der Waals surface area (Å²) in [5, 5.41) is 18.5. The summed E-state index contributed by atoms with van der Waals surface area (Å²) in [4.78, 5) is 4.68. The number of hydrogen-bond donors (Lipinski definition) is 2. The fourth-order valence-corrected chi connectivity index (χ4v) is 4.85. The molecule has 2 heterocycles. The Balaban J connectivity index is 1.57. The SMILES string of the molecule is CC(C)(O)C1CCC(Nc2ccc3ncc(-c4cccc(S(C)(=O)=O)c4)n3n2)CC1. The Bertz CT molecular complexity index is 1160. The van der Waals surface area contributed by atoms with E-state index in [1.807, 2.05) is 32.0 Å². The van der Waals surface area contributed by atoms with Crippen LogP contribution in [0.1, 0.15) is 39.5 Å². The van der Waals surface area contributed by atoms with Crippen LogP contribution in [0.25, 0.3) is 16.9 Å². The molecule has 2 N–H and O–H groups in total. The molecule has 8 heteroatoms. The van der Waals surface area contributed by atoms with Crippen LogP contribution in [0, 0.1) is 5.92 Å². The molecule has 160 valence electrons. The van der Waals surface area contributed by atoms with E-state index in [1.54, 1.807) is 28.9 Å². The maximum Gasteiger partial charge on any atom is 0.175 e. The predicted molar refractivity (Wildman–Crippen MR) is 117 cm³/mol. The van der Waals surface area contributed by atoms with Crippen LogP contribution in [0.4, 0.5) is 5.82 Å². The monoisotopic (exact) mass is 428 g/mol. The van der Waals surface area contributed by atoms with Gasteiger partial charge in [0.25, 0.3) is 0 Å². The van der Waals surface area contributed by atoms with Crippen molar-refractivity contribution in [3.05, 3.63) is 42.6 Å². The zero-order valence-corrected chi connectivity index (χ0v) is 18.4. The number of anilines is 1. The normalized spacial score (nSPS) is 20.4. The third kappa shape index (κ3) is 4.34. The van der Waals surface area contributed by atoms with Crippen LogP contribution in [0.15, 0.2) is 47.5 Å². The van der Waals surface area contributed by atoms with E-state index >= 15 is 0 Å². The molecule has 7 nitrogen and oxygen atoms in total. The summed E-state index contributed by atoms with van der Waals surface area (Å²) in [5.74, 6) is 1.08. The molecule has 0 radical (unpaired) electrons. The first-order chi connectivity index (χ1) is 14.1. The van der Waals surface area contributed by atoms with Crippen LogP contribution in [-0.4, -0.2) is 46.0 Å². The average molecular weight is 429 g/mol. The summed E-state index contributed by atoms with van der Waals surface area (Å²) in [5.41, 5.74) is 1.56. The van der Waals surface area contributed by atoms with Gasteiger partial charge in [0.1, 0.15) is 5.82 Å². The van der Waals surface area contributed by atoms with Gasteiger partial charge in [0.2, 0.25) is 0 Å². The van der Waals surface area contributed by atoms with Gasteiger partial charge in [0, 0.05) is 17.9 Å². The van der Waals surface area contributed by atoms with Gasteiger partial charge < -0.3 is 10.4 Å². The number of fused-ring (bicyclic) bond motifs is 1. The Morgan fingerprint density at radius 1 is 1.13 bits per heavy atom. The highest BCUT2D eigenvalue weighted by Gasteiger charge is 2.31. The van der Waals surface area contributed by atoms with Gasteiger partial charge in [-0.25, -0.2) is 17.9 Å². The number of aromatic nitrogens is 3. The maximum atomic E-state index is 11.9. The predicted octanol–water partition coefficient (Wildman–Crippen LogP) is 3.54. The lowest BCUT2D eigenvalue weighted by atomic mass is 9.77. The number of nitrogens with zero attached hydrogens (tertiary/aromatic N) is 3. The molecule has 4 rings (SSSR count). The number of sulfone groups is 1. The fraction of sp³-hybridized carbons (Fsp3) is 0.455. The lowest BCUT2D eigenvalue weighted by molar-refractivity contribution is -0.000406. The van der Waals surface area contributed by atoms with Crippen LogP contribution in [0.2, 0.25) is 0 Å². The first-order valence-corrected chi connectivity index (χ1v) is 12.1. The molecule has 0 aliphatic heterocycles. The molecule has 0 spiro atoms. The minimum atomic E-state index is -3.29. The van der Waals surface area contributed by atoms with Crippen molar-refractivity contribution in [2.45, 2.75) is 56.1 Å². The molecule has 30 heavy (non-hydrogen) atoms. The van der Waals surface area contributed by atoms with Gasteiger partial charge in [-0.2, -0.15) is 0 Å². The van der Waals surface area contributed by atoms with E-state index in [2.05, 4.69) is 10.3 Å². The number of benzene rings is 1. The van der Waals surface area contributed by atoms with Crippen molar-refractivity contribution in [2.75, 3.05) is 11.6 Å². The Morgan fingerprint density at radius 3 is 2.53 bits per heavy atom. The molecule has 1 aliphatic carbocycles. The molecule has 0 unspecified atom stereocenters. The summed E-state index contributed by atoms with van der Waals surface area (Å²) in [6, 6.07) is 11.0. The van der Waals surface area contributed by atoms with Crippen molar-refractivity contribution in [2.24, 2.45) is 5.92 Å². The first-order valence-electron chi connectivity index (χ1n) is 10.3. The van der Waals surface area contributed by atoms with Crippen LogP contribution in [-0.2, 0) is 9.84 Å². The van der Waals surface area contributed by atoms with Gasteiger partial charge in [0.05, 0.1) is 22.4 Å². The van der Waals surface area contributed by atoms with E-state index in [-0.39, 0.29) is 4.90 Å². The summed E-state index contributed by atoms with van der Waals surface area (Å²) in [6.45, 7) is 3.78. The molecular weight excluding hydrogens is 400 g/mol. The fourth-order valence-electron chi connectivity index (χ4n) is 4.19. The van der Waals surface area contributed by atoms with Crippen molar-refractivity contribution in [3.63, 3.8) is 0 Å². The van der Waals surface area contributed by atoms with Gasteiger partial charge >= 0.3 is 0 Å². The summed E-state index contributed by atoms with van der Waals surface area (Å²) in [7, 11) is -3.29. The summed E-state index contributed by atoms with van der Waals surface area (Å²) in [6.07, 6.45) is 6.86. The second kappa shape index (κ2) is 7.67. The van der Waals surface area contributed by atoms with Crippen molar-refractivity contribution >= 4 is 21.3 Å². The van der Waals surface area contributed by atoms with Gasteiger partial charge in [-0.3, -0.25) is 0 Å². The van der Waals surface area contributed by atoms with E-state index in [4.69, 9.17) is 5.10 Å². The zero-order valence-electron chi connectivity index (χ0n) is 17.5. The molecular formula is C22H28N4O3S. The number of rotatable bonds is 5. The highest BCUT2D eigenvalue weighted by molar-refractivity contribution is 7.90. The number of hydrogen-bond acceptors (Lipinski definition) is 6. The molecule has 1 saturated carbocycles. The zero-order chi connectivity index (χ0) is 21.5. The second-order valence-corrected chi connectivity index (χ2v) is 10.8. The molecule has 0 bridgehead atoms. The third-order valence-corrected chi connectivity index (χ3v) is 7.11. The Kier molecular flexibility index (Phi) is 5.32. The van der Waals surface area contributed by atoms with Crippen molar-refractivity contribution in [1.29, 1.82) is 0 Å². The topological polar surface area (TPSA) is 96.6 Å². The molecule has 1 fully saturated rings. The molecule has 0 atom stereocenters. The molecule has 0 amide bonds. The standard InChI is InChI=1S/C22H28N4O3S/c1-22(2,27)16-7-9-17(10-8-16)24-20-11-12-21-23-14-19(26(21)25-20)15-5-4-6-18(13-15)30(3,28)29/h4-6,11-14,16-17,27H,7-10H2,1-3H3,(H,24,25). The molecule has 3 aromatic rings. The Morgan fingerprint density at radius 2 is 1.87 bits per heavy atom. The Hall–Kier alpha value is -2.45. The van der Waals surface area contributed by atoms with Crippen molar-refractivity contribution in [3.8, 4) is 11.3 Å². The number of aliphatic hydroxyl groups is 1. The van der Waals surface area contributed by atoms with Gasteiger partial charge in [-0.1, -0.05) is 12.1 Å². The second-order valence-electron chi connectivity index (χ2n) is 8.78. The number of nitrogens with one attached hydrogen (secondary N) is 1. The smallest absolute Gasteiger partial charge is 0.175 e. The summed E-state index contributed by atoms with van der Waals surface area (Å²) < 4.78 is 25.6. The molecule has 0 saturated heterocycles. The molecule has 2 aromatic heterocycles. The van der Waals surface area contributed by atoms with Crippen LogP contribution in [0.3, 0.4) is 0 Å². The van der Waals surface area contributed by atoms with Crippen LogP contribution >= 0.6 is 0 Å². The van der Waals surface area contributed by atoms with E-state index < -0.39 is 15.4 Å². The van der Waals surface area contributed by atoms with Gasteiger partial charge in [0.15, 0.2) is 15.5 Å². The minimum absolute atomic E-state index is 0.271. The first kappa shape index (κ1) is 20.8. The summed E-state index contributed by atoms with van der Waals surface area (Å²) >= 11 is 0. The lowest BCUT2D eigenvalue weighted by Gasteiger charge is -2.36. The Labute approximate surface area is 177 Å². The van der Waals surface area contributed by atoms with Crippen molar-refractivity contribution in [1.82, 2.24) is 14.6 Å². The molecule has 1 aliphatic rings. The maximum absolute atomic E-state index is 11.9. The lowest BCUT2D eigenvalue weighted by Crippen LogP contribution is -2.37. The third-order valence-electron chi connectivity index (χ3n) is 6.00. The van der Waals surface area contributed by atoms with Crippen LogP contribution < -0.4 is 5.32 Å². The van der Waals surface area contributed by atoms with Crippen LogP contribution in [0.5, 0.6) is 0 Å². The quantitative estimate of drug-likeness (QED) is 0.645. The number of imidazole rings is 1. The van der Waals surface area contributed by atoms with E-state index in [9.17, 15) is 13.5 Å². The van der Waals surface area contributed by atoms with Gasteiger partial charge in [-0.15, -0.1) is 5.10 Å². The van der Waals surface area contributed by atoms with Gasteiger partial charge in [-0.05, 0) is 69.7 Å². The highest BCUT2D eigenvalue weighted by atomic mass is 32.2. The molecule has 1 aromatic carbocycles. The largest absolute Gasteiger partial charge is 0.390 e. The van der Waals surface area contributed by atoms with E-state index in [1.165, 1.54) is 6.26 Å². The van der Waals surface area contributed by atoms with E-state index in [0.717, 1.165) is 42.8 Å². The van der Waals surface area contributed by atoms with Crippen molar-refractivity contribution < 1.29 is 13.5 Å². The minimum Gasteiger partial charge on any atom is -0.390 e. The average Bonchev–Trinajstić information content (AvgIpc) is 3.10. The van der Waals surface area contributed by atoms with E-state index in [0.29, 0.717) is 17.6 Å². The highest BCUT2D eigenvalue weighted by Crippen LogP contribution is 2.33.